The summed E-state index contributed by atoms with van der Waals surface area (Å²) in [6.07, 6.45) is 2.86. The van der Waals surface area contributed by atoms with Crippen molar-refractivity contribution in [1.29, 1.82) is 0 Å². The number of aliphatic hydroxyl groups is 1. The van der Waals surface area contributed by atoms with Crippen LogP contribution < -0.4 is 15.4 Å². The molecule has 3 N–H and O–H groups in total. The summed E-state index contributed by atoms with van der Waals surface area (Å²) in [6.45, 7) is 3.21. The maximum Gasteiger partial charge on any atom is 0.254 e. The van der Waals surface area contributed by atoms with Crippen LogP contribution in [0, 0.1) is 0 Å². The minimum atomic E-state index is -0.762. The summed E-state index contributed by atoms with van der Waals surface area (Å²) in [4.78, 5) is 30.8. The van der Waals surface area contributed by atoms with Crippen molar-refractivity contribution >= 4 is 11.8 Å². The average Bonchev–Trinajstić information content (AvgIpc) is 3.48. The van der Waals surface area contributed by atoms with Gasteiger partial charge in [-0.15, -0.1) is 0 Å². The van der Waals surface area contributed by atoms with E-state index in [9.17, 15) is 14.7 Å². The van der Waals surface area contributed by atoms with Crippen molar-refractivity contribution < 1.29 is 28.6 Å². The SMILES string of the molecule is O=C(NCC(O)[C@@H]1Cc2ccc(OCc3cnco3)cc2CN1)c1ccc(C(=O)N2CCOCC2)cc1. The lowest BCUT2D eigenvalue weighted by Gasteiger charge is -2.30. The second-order valence-electron chi connectivity index (χ2n) is 9.14. The van der Waals surface area contributed by atoms with E-state index in [4.69, 9.17) is 13.9 Å². The van der Waals surface area contributed by atoms with Gasteiger partial charge in [0, 0.05) is 43.3 Å². The number of hydrogen-bond acceptors (Lipinski definition) is 8. The molecule has 1 fully saturated rings. The van der Waals surface area contributed by atoms with Gasteiger partial charge in [-0.05, 0) is 53.9 Å². The zero-order valence-electron chi connectivity index (χ0n) is 20.4. The van der Waals surface area contributed by atoms with Crippen molar-refractivity contribution in [3.63, 3.8) is 0 Å². The highest BCUT2D eigenvalue weighted by molar-refractivity contribution is 5.97. The van der Waals surface area contributed by atoms with E-state index in [2.05, 4.69) is 15.6 Å². The predicted molar refractivity (Wildman–Crippen MR) is 133 cm³/mol. The van der Waals surface area contributed by atoms with Gasteiger partial charge in [-0.25, -0.2) is 4.98 Å². The smallest absolute Gasteiger partial charge is 0.254 e. The van der Waals surface area contributed by atoms with Gasteiger partial charge in [-0.1, -0.05) is 6.07 Å². The zero-order valence-corrected chi connectivity index (χ0v) is 20.4. The number of rotatable bonds is 8. The molecule has 0 radical (unpaired) electrons. The number of fused-ring (bicyclic) bond motifs is 1. The number of ether oxygens (including phenoxy) is 2. The largest absolute Gasteiger partial charge is 0.486 e. The van der Waals surface area contributed by atoms with Crippen molar-refractivity contribution in [2.24, 2.45) is 0 Å². The fourth-order valence-electron chi connectivity index (χ4n) is 4.50. The number of nitrogens with zero attached hydrogens (tertiary/aromatic N) is 2. The number of amides is 2. The highest BCUT2D eigenvalue weighted by Crippen LogP contribution is 2.24. The molecular formula is C27H30N4O6. The zero-order chi connectivity index (χ0) is 25.6. The van der Waals surface area contributed by atoms with Crippen LogP contribution in [-0.4, -0.2) is 71.8 Å². The summed E-state index contributed by atoms with van der Waals surface area (Å²) < 4.78 is 16.2. The van der Waals surface area contributed by atoms with Crippen LogP contribution in [0.1, 0.15) is 37.6 Å². The molecule has 10 nitrogen and oxygen atoms in total. The van der Waals surface area contributed by atoms with Gasteiger partial charge in [0.15, 0.2) is 12.2 Å². The van der Waals surface area contributed by atoms with E-state index in [0.717, 1.165) is 16.9 Å². The van der Waals surface area contributed by atoms with Crippen LogP contribution in [-0.2, 0) is 24.3 Å². The molecule has 37 heavy (non-hydrogen) atoms. The monoisotopic (exact) mass is 506 g/mol. The molecule has 2 aliphatic heterocycles. The molecular weight excluding hydrogens is 476 g/mol. The van der Waals surface area contributed by atoms with Crippen molar-refractivity contribution in [2.75, 3.05) is 32.8 Å². The Labute approximate surface area is 214 Å². The molecule has 0 bridgehead atoms. The van der Waals surface area contributed by atoms with Crippen molar-refractivity contribution in [3.05, 3.63) is 83.1 Å². The first-order chi connectivity index (χ1) is 18.1. The summed E-state index contributed by atoms with van der Waals surface area (Å²) >= 11 is 0. The Bertz CT molecular complexity index is 1210. The Morgan fingerprint density at radius 1 is 1.14 bits per heavy atom. The van der Waals surface area contributed by atoms with Crippen molar-refractivity contribution in [1.82, 2.24) is 20.5 Å². The van der Waals surface area contributed by atoms with E-state index >= 15 is 0 Å². The maximum atomic E-state index is 12.6. The number of oxazole rings is 1. The number of morpholine rings is 1. The fraction of sp³-hybridized carbons (Fsp3) is 0.370. The summed E-state index contributed by atoms with van der Waals surface area (Å²) in [7, 11) is 0. The van der Waals surface area contributed by atoms with Crippen LogP contribution >= 0.6 is 0 Å². The summed E-state index contributed by atoms with van der Waals surface area (Å²) in [5, 5.41) is 16.9. The molecule has 0 spiro atoms. The van der Waals surface area contributed by atoms with E-state index < -0.39 is 6.10 Å². The van der Waals surface area contributed by atoms with Crippen molar-refractivity contribution in [3.8, 4) is 5.75 Å². The predicted octanol–water partition coefficient (Wildman–Crippen LogP) is 1.53. The summed E-state index contributed by atoms with van der Waals surface area (Å²) in [5.41, 5.74) is 3.21. The molecule has 0 aliphatic carbocycles. The lowest BCUT2D eigenvalue weighted by molar-refractivity contribution is 0.0303. The number of benzene rings is 2. The van der Waals surface area contributed by atoms with Crippen LogP contribution in [0.3, 0.4) is 0 Å². The Hall–Kier alpha value is -3.73. The lowest BCUT2D eigenvalue weighted by Crippen LogP contribution is -2.49. The quantitative estimate of drug-likeness (QED) is 0.420. The number of nitrogens with one attached hydrogen (secondary N) is 2. The highest BCUT2D eigenvalue weighted by atomic mass is 16.5. The molecule has 1 unspecified atom stereocenters. The second kappa shape index (κ2) is 11.5. The summed E-state index contributed by atoms with van der Waals surface area (Å²) in [6, 6.07) is 12.3. The van der Waals surface area contributed by atoms with Crippen LogP contribution in [0.2, 0.25) is 0 Å². The molecule has 2 atom stereocenters. The third-order valence-corrected chi connectivity index (χ3v) is 6.67. The van der Waals surface area contributed by atoms with Gasteiger partial charge >= 0.3 is 0 Å². The first kappa shape index (κ1) is 24.9. The molecule has 2 aliphatic rings. The molecule has 5 rings (SSSR count). The topological polar surface area (TPSA) is 126 Å². The number of aliphatic hydroxyl groups excluding tert-OH is 1. The number of aromatic nitrogens is 1. The van der Waals surface area contributed by atoms with Gasteiger partial charge in [0.05, 0.1) is 25.5 Å². The van der Waals surface area contributed by atoms with Gasteiger partial charge in [-0.2, -0.15) is 0 Å². The van der Waals surface area contributed by atoms with Gasteiger partial charge < -0.3 is 34.5 Å². The van der Waals surface area contributed by atoms with E-state index in [-0.39, 0.29) is 24.4 Å². The molecule has 3 aromatic rings. The van der Waals surface area contributed by atoms with Crippen LogP contribution in [0.5, 0.6) is 5.75 Å². The molecule has 1 aromatic heterocycles. The van der Waals surface area contributed by atoms with Gasteiger partial charge in [0.25, 0.3) is 11.8 Å². The molecule has 1 saturated heterocycles. The Morgan fingerprint density at radius 3 is 2.68 bits per heavy atom. The van der Waals surface area contributed by atoms with E-state index in [1.165, 1.54) is 6.39 Å². The van der Waals surface area contributed by atoms with Crippen molar-refractivity contribution in [2.45, 2.75) is 31.7 Å². The van der Waals surface area contributed by atoms with E-state index in [0.29, 0.717) is 62.8 Å². The van der Waals surface area contributed by atoms with Gasteiger partial charge in [-0.3, -0.25) is 9.59 Å². The van der Waals surface area contributed by atoms with Gasteiger partial charge in [0.2, 0.25) is 0 Å². The second-order valence-corrected chi connectivity index (χ2v) is 9.14. The van der Waals surface area contributed by atoms with E-state index in [1.54, 1.807) is 35.4 Å². The van der Waals surface area contributed by atoms with Crippen LogP contribution in [0.15, 0.2) is 59.5 Å². The maximum absolute atomic E-state index is 12.6. The standard InChI is InChI=1S/C27H30N4O6/c32-25(15-30-26(33)18-1-3-19(4-2-18)27(34)31-7-9-35-10-8-31)24-12-20-5-6-22(11-21(20)13-29-24)36-16-23-14-28-17-37-23/h1-6,11,14,17,24-25,29,32H,7-10,12-13,15-16H2,(H,30,33)/t24-,25?/m0/s1. The van der Waals surface area contributed by atoms with E-state index in [1.807, 2.05) is 18.2 Å². The number of carbonyl (C=O) groups excluding carboxylic acids is 2. The first-order valence-corrected chi connectivity index (χ1v) is 12.4. The summed E-state index contributed by atoms with van der Waals surface area (Å²) in [5.74, 6) is 1.02. The number of carbonyl (C=O) groups is 2. The molecule has 0 saturated carbocycles. The first-order valence-electron chi connectivity index (χ1n) is 12.4. The molecule has 3 heterocycles. The Morgan fingerprint density at radius 2 is 1.92 bits per heavy atom. The Kier molecular flexibility index (Phi) is 7.79. The van der Waals surface area contributed by atoms with Crippen LogP contribution in [0.4, 0.5) is 0 Å². The third-order valence-electron chi connectivity index (χ3n) is 6.67. The minimum Gasteiger partial charge on any atom is -0.486 e. The number of hydrogen-bond donors (Lipinski definition) is 3. The molecule has 194 valence electrons. The lowest BCUT2D eigenvalue weighted by atomic mass is 9.92. The molecule has 2 amide bonds. The molecule has 2 aromatic carbocycles. The molecule has 10 heteroatoms. The highest BCUT2D eigenvalue weighted by Gasteiger charge is 2.25. The van der Waals surface area contributed by atoms with Gasteiger partial charge in [0.1, 0.15) is 12.4 Å². The fourth-order valence-corrected chi connectivity index (χ4v) is 4.50. The Balaban J connectivity index is 1.10. The normalized spacial score (nSPS) is 18.1. The van der Waals surface area contributed by atoms with Crippen LogP contribution in [0.25, 0.3) is 0 Å². The third kappa shape index (κ3) is 6.16. The average molecular weight is 507 g/mol. The minimum absolute atomic E-state index is 0.0668.